The number of rotatable bonds is 6. The van der Waals surface area contributed by atoms with Gasteiger partial charge in [-0.25, -0.2) is 0 Å². The Hall–Kier alpha value is -2.34. The van der Waals surface area contributed by atoms with E-state index in [1.807, 2.05) is 49.6 Å². The highest BCUT2D eigenvalue weighted by Gasteiger charge is 2.42. The van der Waals surface area contributed by atoms with Crippen LogP contribution in [0.1, 0.15) is 32.1 Å². The van der Waals surface area contributed by atoms with E-state index in [9.17, 15) is 4.79 Å². The van der Waals surface area contributed by atoms with Gasteiger partial charge in [0.1, 0.15) is 5.54 Å². The van der Waals surface area contributed by atoms with Crippen molar-refractivity contribution in [1.29, 1.82) is 0 Å². The molecule has 2 aliphatic rings. The Bertz CT molecular complexity index is 760. The summed E-state index contributed by atoms with van der Waals surface area (Å²) in [5, 5.41) is 10.9. The monoisotopic (exact) mass is 367 g/mol. The van der Waals surface area contributed by atoms with Crippen molar-refractivity contribution in [3.63, 3.8) is 0 Å². The Kier molecular flexibility index (Phi) is 5.16. The summed E-state index contributed by atoms with van der Waals surface area (Å²) >= 11 is 0. The number of anilines is 2. The van der Waals surface area contributed by atoms with Crippen LogP contribution >= 0.6 is 0 Å². The van der Waals surface area contributed by atoms with Crippen LogP contribution in [-0.4, -0.2) is 45.8 Å². The zero-order valence-corrected chi connectivity index (χ0v) is 16.0. The van der Waals surface area contributed by atoms with Crippen LogP contribution in [0.15, 0.2) is 42.6 Å². The van der Waals surface area contributed by atoms with E-state index in [4.69, 9.17) is 0 Å². The quantitative estimate of drug-likeness (QED) is 0.824. The summed E-state index contributed by atoms with van der Waals surface area (Å²) in [6.07, 6.45) is 7.55. The van der Waals surface area contributed by atoms with Crippen molar-refractivity contribution in [3.05, 3.63) is 42.6 Å². The van der Waals surface area contributed by atoms with Crippen molar-refractivity contribution in [3.8, 4) is 0 Å². The lowest BCUT2D eigenvalue weighted by Crippen LogP contribution is -2.57. The summed E-state index contributed by atoms with van der Waals surface area (Å²) in [7, 11) is 1.85. The van der Waals surface area contributed by atoms with Gasteiger partial charge in [0.05, 0.1) is 0 Å². The lowest BCUT2D eigenvalue weighted by atomic mass is 9.82. The summed E-state index contributed by atoms with van der Waals surface area (Å²) < 4.78 is 1.70. The number of nitrogens with one attached hydrogen (secondary N) is 2. The number of hydrogen-bond donors (Lipinski definition) is 2. The number of likely N-dealkylation sites (tertiary alicyclic amines) is 1. The third-order valence-electron chi connectivity index (χ3n) is 6.00. The molecule has 4 rings (SSSR count). The van der Waals surface area contributed by atoms with Crippen LogP contribution < -0.4 is 10.6 Å². The molecule has 0 radical (unpaired) electrons. The predicted molar refractivity (Wildman–Crippen MR) is 108 cm³/mol. The highest BCUT2D eigenvalue weighted by atomic mass is 16.2. The average molecular weight is 367 g/mol. The molecule has 2 aromatic rings. The number of nitrogens with zero attached hydrogens (tertiary/aromatic N) is 3. The van der Waals surface area contributed by atoms with E-state index in [1.54, 1.807) is 4.68 Å². The van der Waals surface area contributed by atoms with Crippen LogP contribution in [0.2, 0.25) is 0 Å². The van der Waals surface area contributed by atoms with Crippen LogP contribution in [0.25, 0.3) is 0 Å². The lowest BCUT2D eigenvalue weighted by molar-refractivity contribution is -0.122. The number of aryl methyl sites for hydroxylation is 1. The second-order valence-corrected chi connectivity index (χ2v) is 8.00. The number of piperidine rings is 1. The van der Waals surface area contributed by atoms with E-state index in [-0.39, 0.29) is 5.91 Å². The molecule has 0 bridgehead atoms. The Balaban J connectivity index is 1.47. The van der Waals surface area contributed by atoms with E-state index in [0.29, 0.717) is 5.82 Å². The normalized spacial score (nSPS) is 20.0. The fraction of sp³-hybridized carbons (Fsp3) is 0.524. The molecule has 0 spiro atoms. The van der Waals surface area contributed by atoms with E-state index in [0.717, 1.165) is 37.5 Å². The van der Waals surface area contributed by atoms with E-state index in [1.165, 1.54) is 25.8 Å². The Morgan fingerprint density at radius 3 is 2.52 bits per heavy atom. The number of amides is 1. The SMILES string of the molecule is Cn1ccc(NC(=O)C2(Nc3ccccc3)CCN(CC3CCC3)CC2)n1. The smallest absolute Gasteiger partial charge is 0.251 e. The standard InChI is InChI=1S/C21H29N5O/c1-25-13-10-19(24-25)22-20(27)21(23-18-8-3-2-4-9-18)11-14-26(15-12-21)16-17-6-5-7-17/h2-4,8-10,13,17,23H,5-7,11-12,14-16H2,1H3,(H,22,24,27). The van der Waals surface area contributed by atoms with Crippen molar-refractivity contribution in [2.45, 2.75) is 37.6 Å². The van der Waals surface area contributed by atoms with Gasteiger partial charge in [0.2, 0.25) is 0 Å². The van der Waals surface area contributed by atoms with Crippen LogP contribution in [0.3, 0.4) is 0 Å². The molecule has 0 atom stereocenters. The molecule has 1 saturated heterocycles. The third-order valence-corrected chi connectivity index (χ3v) is 6.00. The van der Waals surface area contributed by atoms with Gasteiger partial charge in [-0.3, -0.25) is 9.48 Å². The first-order valence-corrected chi connectivity index (χ1v) is 10.00. The van der Waals surface area contributed by atoms with Crippen LogP contribution in [0.4, 0.5) is 11.5 Å². The minimum absolute atomic E-state index is 0.00773. The Labute approximate surface area is 160 Å². The molecule has 6 heteroatoms. The molecule has 1 aromatic heterocycles. The summed E-state index contributed by atoms with van der Waals surface area (Å²) in [4.78, 5) is 15.8. The van der Waals surface area contributed by atoms with E-state index < -0.39 is 5.54 Å². The minimum Gasteiger partial charge on any atom is -0.371 e. The van der Waals surface area contributed by atoms with Gasteiger partial charge in [0.25, 0.3) is 5.91 Å². The van der Waals surface area contributed by atoms with Gasteiger partial charge >= 0.3 is 0 Å². The second kappa shape index (κ2) is 7.72. The second-order valence-electron chi connectivity index (χ2n) is 8.00. The van der Waals surface area contributed by atoms with Crippen molar-refractivity contribution >= 4 is 17.4 Å². The number of aromatic nitrogens is 2. The molecule has 1 aliphatic carbocycles. The molecule has 27 heavy (non-hydrogen) atoms. The van der Waals surface area contributed by atoms with Gasteiger partial charge in [-0.15, -0.1) is 0 Å². The Morgan fingerprint density at radius 2 is 1.93 bits per heavy atom. The van der Waals surface area contributed by atoms with Gasteiger partial charge in [0.15, 0.2) is 5.82 Å². The molecule has 0 unspecified atom stereocenters. The molecule has 1 aromatic carbocycles. The van der Waals surface area contributed by atoms with Crippen LogP contribution in [0.5, 0.6) is 0 Å². The van der Waals surface area contributed by atoms with Gasteiger partial charge < -0.3 is 15.5 Å². The summed E-state index contributed by atoms with van der Waals surface area (Å²) in [5.74, 6) is 1.48. The van der Waals surface area contributed by atoms with E-state index in [2.05, 4.69) is 20.6 Å². The first-order valence-electron chi connectivity index (χ1n) is 10.00. The predicted octanol–water partition coefficient (Wildman–Crippen LogP) is 3.11. The molecule has 2 fully saturated rings. The van der Waals surface area contributed by atoms with Crippen molar-refractivity contribution in [1.82, 2.24) is 14.7 Å². The van der Waals surface area contributed by atoms with Gasteiger partial charge in [-0.1, -0.05) is 24.6 Å². The number of carbonyl (C=O) groups is 1. The lowest BCUT2D eigenvalue weighted by Gasteiger charge is -2.43. The highest BCUT2D eigenvalue weighted by Crippen LogP contribution is 2.32. The first-order chi connectivity index (χ1) is 13.1. The van der Waals surface area contributed by atoms with Crippen molar-refractivity contribution in [2.24, 2.45) is 13.0 Å². The summed E-state index contributed by atoms with van der Waals surface area (Å²) in [6, 6.07) is 11.9. The molecule has 1 aliphatic heterocycles. The number of hydrogen-bond acceptors (Lipinski definition) is 4. The van der Waals surface area contributed by atoms with Gasteiger partial charge in [-0.05, 0) is 43.7 Å². The molecule has 1 saturated carbocycles. The molecule has 144 valence electrons. The first kappa shape index (κ1) is 18.0. The Morgan fingerprint density at radius 1 is 1.19 bits per heavy atom. The molecule has 2 heterocycles. The minimum atomic E-state index is -0.602. The molecule has 2 N–H and O–H groups in total. The highest BCUT2D eigenvalue weighted by molar-refractivity contribution is 5.99. The summed E-state index contributed by atoms with van der Waals surface area (Å²) in [6.45, 7) is 3.08. The molecule has 1 amide bonds. The third kappa shape index (κ3) is 4.16. The maximum Gasteiger partial charge on any atom is 0.251 e. The largest absolute Gasteiger partial charge is 0.371 e. The van der Waals surface area contributed by atoms with Gasteiger partial charge in [-0.2, -0.15) is 5.10 Å². The number of para-hydroxylation sites is 1. The average Bonchev–Trinajstić information content (AvgIpc) is 3.05. The molecular weight excluding hydrogens is 338 g/mol. The fourth-order valence-corrected chi connectivity index (χ4v) is 4.08. The maximum atomic E-state index is 13.3. The number of carbonyl (C=O) groups excluding carboxylic acids is 1. The molecular formula is C21H29N5O. The van der Waals surface area contributed by atoms with Crippen LogP contribution in [-0.2, 0) is 11.8 Å². The van der Waals surface area contributed by atoms with Crippen molar-refractivity contribution in [2.75, 3.05) is 30.3 Å². The zero-order chi connectivity index (χ0) is 18.7. The number of benzene rings is 1. The topological polar surface area (TPSA) is 62.2 Å². The summed E-state index contributed by atoms with van der Waals surface area (Å²) in [5.41, 5.74) is 0.385. The zero-order valence-electron chi connectivity index (χ0n) is 16.0. The van der Waals surface area contributed by atoms with Crippen molar-refractivity contribution < 1.29 is 4.79 Å². The molecule has 6 nitrogen and oxygen atoms in total. The van der Waals surface area contributed by atoms with Crippen LogP contribution in [0, 0.1) is 5.92 Å². The van der Waals surface area contributed by atoms with Gasteiger partial charge in [0, 0.05) is 44.6 Å². The fourth-order valence-electron chi connectivity index (χ4n) is 4.08. The van der Waals surface area contributed by atoms with E-state index >= 15 is 0 Å². The maximum absolute atomic E-state index is 13.3.